The van der Waals surface area contributed by atoms with Crippen LogP contribution in [0, 0.1) is 0 Å². The second kappa shape index (κ2) is 6.01. The summed E-state index contributed by atoms with van der Waals surface area (Å²) in [7, 11) is -3.95. The van der Waals surface area contributed by atoms with Gasteiger partial charge in [-0.05, 0) is 13.8 Å². The van der Waals surface area contributed by atoms with Gasteiger partial charge in [0.05, 0.1) is 12.7 Å². The van der Waals surface area contributed by atoms with E-state index in [9.17, 15) is 18.0 Å². The SMILES string of the molecule is CC(C)N(CC(N)=O)S(=O)(=O)c1cnn(CC(=O)O)c1. The number of hydrogen-bond acceptors (Lipinski definition) is 5. The highest BCUT2D eigenvalue weighted by molar-refractivity contribution is 7.89. The maximum absolute atomic E-state index is 12.3. The minimum atomic E-state index is -3.95. The van der Waals surface area contributed by atoms with Crippen LogP contribution in [0.25, 0.3) is 0 Å². The summed E-state index contributed by atoms with van der Waals surface area (Å²) in [6.07, 6.45) is 2.13. The molecule has 1 aromatic heterocycles. The van der Waals surface area contributed by atoms with Gasteiger partial charge >= 0.3 is 5.97 Å². The highest BCUT2D eigenvalue weighted by atomic mass is 32.2. The molecule has 0 bridgehead atoms. The van der Waals surface area contributed by atoms with Gasteiger partial charge in [0, 0.05) is 12.2 Å². The summed E-state index contributed by atoms with van der Waals surface area (Å²) in [6, 6.07) is -0.477. The van der Waals surface area contributed by atoms with Crippen molar-refractivity contribution in [2.24, 2.45) is 5.73 Å². The number of aromatic nitrogens is 2. The molecular formula is C10H16N4O5S. The lowest BCUT2D eigenvalue weighted by Gasteiger charge is -2.23. The molecule has 9 nitrogen and oxygen atoms in total. The fraction of sp³-hybridized carbons (Fsp3) is 0.500. The average molecular weight is 304 g/mol. The van der Waals surface area contributed by atoms with Crippen molar-refractivity contribution in [3.8, 4) is 0 Å². The fourth-order valence-electron chi connectivity index (χ4n) is 1.54. The molecule has 0 unspecified atom stereocenters. The van der Waals surface area contributed by atoms with E-state index in [0.717, 1.165) is 21.4 Å². The first-order valence-electron chi connectivity index (χ1n) is 5.69. The van der Waals surface area contributed by atoms with Crippen LogP contribution in [-0.4, -0.2) is 52.1 Å². The number of aliphatic carboxylic acids is 1. The molecule has 10 heteroatoms. The van der Waals surface area contributed by atoms with E-state index in [1.165, 1.54) is 0 Å². The predicted molar refractivity (Wildman–Crippen MR) is 68.1 cm³/mol. The van der Waals surface area contributed by atoms with Crippen LogP contribution in [-0.2, 0) is 26.2 Å². The molecule has 0 saturated heterocycles. The van der Waals surface area contributed by atoms with Crippen LogP contribution in [0.2, 0.25) is 0 Å². The Labute approximate surface area is 116 Å². The van der Waals surface area contributed by atoms with Crippen molar-refractivity contribution in [1.82, 2.24) is 14.1 Å². The molecule has 20 heavy (non-hydrogen) atoms. The van der Waals surface area contributed by atoms with E-state index in [4.69, 9.17) is 10.8 Å². The van der Waals surface area contributed by atoms with Gasteiger partial charge in [-0.1, -0.05) is 0 Å². The average Bonchev–Trinajstić information content (AvgIpc) is 2.73. The van der Waals surface area contributed by atoms with Gasteiger partial charge in [0.1, 0.15) is 11.4 Å². The van der Waals surface area contributed by atoms with E-state index in [0.29, 0.717) is 0 Å². The maximum Gasteiger partial charge on any atom is 0.325 e. The monoisotopic (exact) mass is 304 g/mol. The third-order valence-corrected chi connectivity index (χ3v) is 4.38. The third kappa shape index (κ3) is 3.78. The number of carbonyl (C=O) groups is 2. The maximum atomic E-state index is 12.3. The lowest BCUT2D eigenvalue weighted by molar-refractivity contribution is -0.137. The first-order chi connectivity index (χ1) is 9.14. The van der Waals surface area contributed by atoms with Crippen LogP contribution in [0.3, 0.4) is 0 Å². The topological polar surface area (TPSA) is 136 Å². The highest BCUT2D eigenvalue weighted by Gasteiger charge is 2.29. The molecule has 3 N–H and O–H groups in total. The lowest BCUT2D eigenvalue weighted by Crippen LogP contribution is -2.42. The van der Waals surface area contributed by atoms with Gasteiger partial charge in [-0.2, -0.15) is 9.40 Å². The molecule has 1 amide bonds. The van der Waals surface area contributed by atoms with Crippen molar-refractivity contribution in [2.45, 2.75) is 31.3 Å². The zero-order valence-electron chi connectivity index (χ0n) is 11.1. The molecule has 0 aliphatic carbocycles. The first kappa shape index (κ1) is 16.1. The summed E-state index contributed by atoms with van der Waals surface area (Å²) in [5.41, 5.74) is 5.03. The molecule has 1 aromatic rings. The largest absolute Gasteiger partial charge is 0.480 e. The molecule has 0 aliphatic heterocycles. The molecule has 1 rings (SSSR count). The summed E-state index contributed by atoms with van der Waals surface area (Å²) in [6.45, 7) is 2.29. The summed E-state index contributed by atoms with van der Waals surface area (Å²) >= 11 is 0. The van der Waals surface area contributed by atoms with Gasteiger partial charge in [-0.3, -0.25) is 14.3 Å². The number of rotatable bonds is 7. The Hall–Kier alpha value is -1.94. The van der Waals surface area contributed by atoms with Gasteiger partial charge in [-0.15, -0.1) is 0 Å². The molecule has 0 atom stereocenters. The second-order valence-electron chi connectivity index (χ2n) is 4.38. The van der Waals surface area contributed by atoms with Crippen molar-refractivity contribution >= 4 is 21.9 Å². The van der Waals surface area contributed by atoms with Crippen LogP contribution < -0.4 is 5.73 Å². The number of sulfonamides is 1. The van der Waals surface area contributed by atoms with Crippen LogP contribution >= 0.6 is 0 Å². The number of amides is 1. The van der Waals surface area contributed by atoms with Gasteiger partial charge < -0.3 is 10.8 Å². The Morgan fingerprint density at radius 2 is 2.10 bits per heavy atom. The molecule has 1 heterocycles. The smallest absolute Gasteiger partial charge is 0.325 e. The molecule has 0 aromatic carbocycles. The van der Waals surface area contributed by atoms with Crippen molar-refractivity contribution in [3.63, 3.8) is 0 Å². The standard InChI is InChI=1S/C10H16N4O5S/c1-7(2)14(5-9(11)15)20(18,19)8-3-12-13(4-8)6-10(16)17/h3-4,7H,5-6H2,1-2H3,(H2,11,15)(H,16,17). The second-order valence-corrected chi connectivity index (χ2v) is 6.27. The fourth-order valence-corrected chi connectivity index (χ4v) is 3.10. The van der Waals surface area contributed by atoms with Crippen LogP contribution in [0.5, 0.6) is 0 Å². The Kier molecular flexibility index (Phi) is 4.84. The first-order valence-corrected chi connectivity index (χ1v) is 7.13. The number of carbonyl (C=O) groups excluding carboxylic acids is 1. The molecule has 112 valence electrons. The number of nitrogens with two attached hydrogens (primary N) is 1. The molecule has 0 fully saturated rings. The Morgan fingerprint density at radius 1 is 1.50 bits per heavy atom. The number of carboxylic acids is 1. The molecule has 0 spiro atoms. The van der Waals surface area contributed by atoms with E-state index in [1.54, 1.807) is 13.8 Å². The van der Waals surface area contributed by atoms with E-state index in [2.05, 4.69) is 5.10 Å². The molecular weight excluding hydrogens is 288 g/mol. The minimum absolute atomic E-state index is 0.186. The van der Waals surface area contributed by atoms with Crippen molar-refractivity contribution in [3.05, 3.63) is 12.4 Å². The van der Waals surface area contributed by atoms with Crippen molar-refractivity contribution < 1.29 is 23.1 Å². The Morgan fingerprint density at radius 3 is 2.55 bits per heavy atom. The van der Waals surface area contributed by atoms with E-state index >= 15 is 0 Å². The molecule has 0 saturated carbocycles. The zero-order chi connectivity index (χ0) is 15.5. The van der Waals surface area contributed by atoms with Gasteiger partial charge in [-0.25, -0.2) is 8.42 Å². The highest BCUT2D eigenvalue weighted by Crippen LogP contribution is 2.17. The summed E-state index contributed by atoms with van der Waals surface area (Å²) < 4.78 is 26.6. The Balaban J connectivity index is 3.10. The van der Waals surface area contributed by atoms with E-state index in [-0.39, 0.29) is 4.90 Å². The molecule has 0 radical (unpaired) electrons. The summed E-state index contributed by atoms with van der Waals surface area (Å²) in [5.74, 6) is -1.92. The normalized spacial score (nSPS) is 12.0. The van der Waals surface area contributed by atoms with Crippen LogP contribution in [0.1, 0.15) is 13.8 Å². The van der Waals surface area contributed by atoms with Gasteiger partial charge in [0.15, 0.2) is 0 Å². The number of carboxylic acid groups (broad SMARTS) is 1. The minimum Gasteiger partial charge on any atom is -0.480 e. The number of primary amides is 1. The number of nitrogens with zero attached hydrogens (tertiary/aromatic N) is 3. The Bertz CT molecular complexity index is 607. The number of hydrogen-bond donors (Lipinski definition) is 2. The van der Waals surface area contributed by atoms with E-state index in [1.807, 2.05) is 0 Å². The van der Waals surface area contributed by atoms with Crippen LogP contribution in [0.15, 0.2) is 17.3 Å². The van der Waals surface area contributed by atoms with Crippen molar-refractivity contribution in [2.75, 3.05) is 6.54 Å². The lowest BCUT2D eigenvalue weighted by atomic mass is 10.4. The molecule has 0 aliphatic rings. The summed E-state index contributed by atoms with van der Waals surface area (Å²) in [4.78, 5) is 21.3. The van der Waals surface area contributed by atoms with Gasteiger partial charge in [0.25, 0.3) is 0 Å². The van der Waals surface area contributed by atoms with Crippen LogP contribution in [0.4, 0.5) is 0 Å². The van der Waals surface area contributed by atoms with E-state index < -0.39 is 41.0 Å². The zero-order valence-corrected chi connectivity index (χ0v) is 11.9. The van der Waals surface area contributed by atoms with Crippen molar-refractivity contribution in [1.29, 1.82) is 0 Å². The predicted octanol–water partition coefficient (Wildman–Crippen LogP) is -1.15. The summed E-state index contributed by atoms with van der Waals surface area (Å²) in [5, 5.41) is 12.3. The quantitative estimate of drug-likeness (QED) is 0.653. The third-order valence-electron chi connectivity index (χ3n) is 2.40. The van der Waals surface area contributed by atoms with Gasteiger partial charge in [0.2, 0.25) is 15.9 Å².